The summed E-state index contributed by atoms with van der Waals surface area (Å²) in [6, 6.07) is 14.5. The molecule has 25 heavy (non-hydrogen) atoms. The van der Waals surface area contributed by atoms with Crippen molar-refractivity contribution >= 4 is 27.2 Å². The summed E-state index contributed by atoms with van der Waals surface area (Å²) in [7, 11) is -3.16. The van der Waals surface area contributed by atoms with Crippen LogP contribution in [0.5, 0.6) is 0 Å². The van der Waals surface area contributed by atoms with Crippen molar-refractivity contribution in [1.29, 1.82) is 0 Å². The number of hydrogen-bond donors (Lipinski definition) is 0. The third-order valence-electron chi connectivity index (χ3n) is 4.96. The molecule has 2 heterocycles. The van der Waals surface area contributed by atoms with Gasteiger partial charge in [0.2, 0.25) is 0 Å². The van der Waals surface area contributed by atoms with Crippen LogP contribution in [0.25, 0.3) is 0 Å². The monoisotopic (exact) mass is 356 g/mol. The fourth-order valence-electron chi connectivity index (χ4n) is 3.79. The van der Waals surface area contributed by atoms with Crippen LogP contribution in [0.1, 0.15) is 11.1 Å². The van der Waals surface area contributed by atoms with E-state index in [0.29, 0.717) is 0 Å². The quantitative estimate of drug-likeness (QED) is 0.778. The Bertz CT molecular complexity index is 937. The zero-order valence-corrected chi connectivity index (χ0v) is 15.0. The highest BCUT2D eigenvalue weighted by atomic mass is 32.2. The number of hydrogen-bond acceptors (Lipinski definition) is 3. The van der Waals surface area contributed by atoms with Crippen molar-refractivity contribution in [3.05, 3.63) is 59.7 Å². The van der Waals surface area contributed by atoms with Gasteiger partial charge in [0.1, 0.15) is 0 Å². The largest absolute Gasteiger partial charge is 0.329 e. The van der Waals surface area contributed by atoms with Crippen molar-refractivity contribution in [2.45, 2.75) is 25.9 Å². The maximum Gasteiger partial charge on any atom is 0.329 e. The molecule has 6 heteroatoms. The van der Waals surface area contributed by atoms with Crippen LogP contribution < -0.4 is 9.80 Å². The second-order valence-electron chi connectivity index (χ2n) is 6.91. The van der Waals surface area contributed by atoms with Gasteiger partial charge in [-0.1, -0.05) is 29.8 Å². The Morgan fingerprint density at radius 2 is 1.44 bits per heavy atom. The summed E-state index contributed by atoms with van der Waals surface area (Å²) >= 11 is 0. The summed E-state index contributed by atoms with van der Waals surface area (Å²) in [6.07, 6.45) is 0. The number of amides is 2. The van der Waals surface area contributed by atoms with Crippen LogP contribution >= 0.6 is 0 Å². The lowest BCUT2D eigenvalue weighted by molar-refractivity contribution is 0.255. The lowest BCUT2D eigenvalue weighted by atomic mass is 10.1. The molecule has 0 aromatic heterocycles. The predicted octanol–water partition coefficient (Wildman–Crippen LogP) is 2.92. The van der Waals surface area contributed by atoms with Crippen molar-refractivity contribution in [3.8, 4) is 0 Å². The van der Waals surface area contributed by atoms with Crippen molar-refractivity contribution in [1.82, 2.24) is 0 Å². The van der Waals surface area contributed by atoms with Crippen LogP contribution in [0.3, 0.4) is 0 Å². The minimum absolute atomic E-state index is 0.0135. The van der Waals surface area contributed by atoms with Gasteiger partial charge in [0.15, 0.2) is 9.84 Å². The first kappa shape index (κ1) is 16.1. The van der Waals surface area contributed by atoms with Crippen molar-refractivity contribution in [2.75, 3.05) is 21.3 Å². The van der Waals surface area contributed by atoms with E-state index in [9.17, 15) is 13.2 Å². The van der Waals surface area contributed by atoms with Crippen LogP contribution in [0.2, 0.25) is 0 Å². The Balaban J connectivity index is 1.81. The highest BCUT2D eigenvalue weighted by Crippen LogP contribution is 2.38. The van der Waals surface area contributed by atoms with E-state index in [0.717, 1.165) is 22.5 Å². The van der Waals surface area contributed by atoms with E-state index in [1.807, 2.05) is 62.4 Å². The standard InChI is InChI=1S/C19H20N2O3S/c1-13-6-8-15(9-7-13)20-17-11-25(23,24)12-18(17)21(19(20)22)16-5-3-4-14(2)10-16/h3-10,17-18H,11-12H2,1-2H3/t17-,18+/m0/s1. The Morgan fingerprint density at radius 3 is 2.04 bits per heavy atom. The smallest absolute Gasteiger partial charge is 0.288 e. The number of carbonyl (C=O) groups is 1. The molecule has 2 saturated heterocycles. The highest BCUT2D eigenvalue weighted by Gasteiger charge is 2.54. The number of sulfone groups is 1. The van der Waals surface area contributed by atoms with E-state index in [1.165, 1.54) is 0 Å². The van der Waals surface area contributed by atoms with Gasteiger partial charge in [0, 0.05) is 11.4 Å². The molecule has 0 N–H and O–H groups in total. The minimum Gasteiger partial charge on any atom is -0.288 e. The lowest BCUT2D eigenvalue weighted by Gasteiger charge is -2.23. The summed E-state index contributed by atoms with van der Waals surface area (Å²) in [5.41, 5.74) is 3.64. The topological polar surface area (TPSA) is 57.7 Å². The van der Waals surface area contributed by atoms with Gasteiger partial charge < -0.3 is 0 Å². The molecule has 0 unspecified atom stereocenters. The molecule has 0 spiro atoms. The average Bonchev–Trinajstić information content (AvgIpc) is 2.97. The molecule has 0 radical (unpaired) electrons. The van der Waals surface area contributed by atoms with Crippen molar-refractivity contribution in [2.24, 2.45) is 0 Å². The number of carbonyl (C=O) groups excluding carboxylic acids is 1. The van der Waals surface area contributed by atoms with Crippen molar-refractivity contribution in [3.63, 3.8) is 0 Å². The number of aryl methyl sites for hydroxylation is 2. The van der Waals surface area contributed by atoms with Crippen molar-refractivity contribution < 1.29 is 13.2 Å². The molecule has 0 bridgehead atoms. The molecule has 2 aliphatic rings. The van der Waals surface area contributed by atoms with E-state index in [2.05, 4.69) is 0 Å². The summed E-state index contributed by atoms with van der Waals surface area (Å²) < 4.78 is 24.5. The predicted molar refractivity (Wildman–Crippen MR) is 98.9 cm³/mol. The van der Waals surface area contributed by atoms with Gasteiger partial charge >= 0.3 is 6.03 Å². The highest BCUT2D eigenvalue weighted by molar-refractivity contribution is 7.91. The fourth-order valence-corrected chi connectivity index (χ4v) is 5.71. The molecule has 2 aromatic carbocycles. The van der Waals surface area contributed by atoms with Crippen LogP contribution in [-0.2, 0) is 9.84 Å². The Hall–Kier alpha value is -2.34. The van der Waals surface area contributed by atoms with Gasteiger partial charge in [-0.05, 0) is 43.7 Å². The zero-order valence-electron chi connectivity index (χ0n) is 14.2. The fraction of sp³-hybridized carbons (Fsp3) is 0.316. The minimum atomic E-state index is -3.16. The van der Waals surface area contributed by atoms with Gasteiger partial charge in [-0.15, -0.1) is 0 Å². The molecule has 2 atom stereocenters. The molecule has 2 amide bonds. The third kappa shape index (κ3) is 2.70. The Labute approximate surface area is 147 Å². The van der Waals surface area contributed by atoms with E-state index in [1.54, 1.807) is 9.80 Å². The van der Waals surface area contributed by atoms with Crippen LogP contribution in [0.15, 0.2) is 48.5 Å². The van der Waals surface area contributed by atoms with Gasteiger partial charge in [0.05, 0.1) is 23.6 Å². The SMILES string of the molecule is Cc1ccc(N2C(=O)N(c3cccc(C)c3)[C@@H]3CS(=O)(=O)C[C@@H]32)cc1. The molecule has 4 rings (SSSR count). The summed E-state index contributed by atoms with van der Waals surface area (Å²) in [5, 5.41) is 0. The number of rotatable bonds is 2. The lowest BCUT2D eigenvalue weighted by Crippen LogP contribution is -2.37. The number of fused-ring (bicyclic) bond motifs is 1. The maximum atomic E-state index is 13.2. The summed E-state index contributed by atoms with van der Waals surface area (Å²) in [5.74, 6) is 0.0271. The Morgan fingerprint density at radius 1 is 0.840 bits per heavy atom. The van der Waals surface area contributed by atoms with Gasteiger partial charge in [-0.25, -0.2) is 13.2 Å². The van der Waals surface area contributed by atoms with E-state index in [4.69, 9.17) is 0 Å². The van der Waals surface area contributed by atoms with Crippen LogP contribution in [-0.4, -0.2) is 38.0 Å². The molecule has 0 aliphatic carbocycles. The summed E-state index contributed by atoms with van der Waals surface area (Å²) in [6.45, 7) is 3.95. The molecule has 2 fully saturated rings. The first-order valence-corrected chi connectivity index (χ1v) is 10.1. The van der Waals surface area contributed by atoms with E-state index in [-0.39, 0.29) is 29.6 Å². The molecular weight excluding hydrogens is 336 g/mol. The normalized spacial score (nSPS) is 24.6. The van der Waals surface area contributed by atoms with Gasteiger partial charge in [0.25, 0.3) is 0 Å². The average molecular weight is 356 g/mol. The number of urea groups is 1. The van der Waals surface area contributed by atoms with E-state index < -0.39 is 9.84 Å². The maximum absolute atomic E-state index is 13.2. The number of benzene rings is 2. The van der Waals surface area contributed by atoms with E-state index >= 15 is 0 Å². The zero-order chi connectivity index (χ0) is 17.8. The Kier molecular flexibility index (Phi) is 3.61. The first-order chi connectivity index (χ1) is 11.9. The molecule has 130 valence electrons. The second kappa shape index (κ2) is 5.59. The molecule has 0 saturated carbocycles. The molecular formula is C19H20N2O3S. The van der Waals surface area contributed by atoms with Gasteiger partial charge in [-0.3, -0.25) is 9.80 Å². The van der Waals surface area contributed by atoms with Gasteiger partial charge in [-0.2, -0.15) is 0 Å². The number of anilines is 2. The third-order valence-corrected chi connectivity index (χ3v) is 6.66. The molecule has 5 nitrogen and oxygen atoms in total. The summed E-state index contributed by atoms with van der Waals surface area (Å²) in [4.78, 5) is 16.5. The number of nitrogens with zero attached hydrogens (tertiary/aromatic N) is 2. The first-order valence-electron chi connectivity index (χ1n) is 8.32. The molecule has 2 aromatic rings. The van der Waals surface area contributed by atoms with Crippen LogP contribution in [0.4, 0.5) is 16.2 Å². The second-order valence-corrected chi connectivity index (χ2v) is 9.06. The van der Waals surface area contributed by atoms with Crippen LogP contribution in [0, 0.1) is 13.8 Å². The molecule has 2 aliphatic heterocycles.